The number of nitrogens with one attached hydrogen (secondary N) is 2. The fourth-order valence-electron chi connectivity index (χ4n) is 2.88. The predicted molar refractivity (Wildman–Crippen MR) is 99.7 cm³/mol. The van der Waals surface area contributed by atoms with Gasteiger partial charge in [0.2, 0.25) is 11.8 Å². The van der Waals surface area contributed by atoms with E-state index in [1.165, 1.54) is 13.0 Å². The van der Waals surface area contributed by atoms with Crippen molar-refractivity contribution in [3.8, 4) is 0 Å². The van der Waals surface area contributed by atoms with Crippen LogP contribution in [-0.4, -0.2) is 27.3 Å². The molecule has 2 aromatic carbocycles. The van der Waals surface area contributed by atoms with Crippen LogP contribution < -0.4 is 14.9 Å². The van der Waals surface area contributed by atoms with Crippen molar-refractivity contribution in [3.05, 3.63) is 48.0 Å². The molecule has 7 nitrogen and oxygen atoms in total. The van der Waals surface area contributed by atoms with Gasteiger partial charge in [-0.05, 0) is 48.4 Å². The zero-order chi connectivity index (χ0) is 18.9. The number of nitrogens with zero attached hydrogens (tertiary/aromatic N) is 1. The molecule has 8 heteroatoms. The fraction of sp³-hybridized carbons (Fsp3) is 0.222. The molecule has 0 saturated carbocycles. The van der Waals surface area contributed by atoms with E-state index in [-0.39, 0.29) is 16.7 Å². The van der Waals surface area contributed by atoms with Crippen molar-refractivity contribution in [1.29, 1.82) is 0 Å². The number of sulfonamides is 1. The lowest BCUT2D eigenvalue weighted by atomic mass is 10.0. The number of aryl methyl sites for hydroxylation is 1. The third-order valence-corrected chi connectivity index (χ3v) is 5.52. The van der Waals surface area contributed by atoms with Gasteiger partial charge in [0, 0.05) is 31.8 Å². The highest BCUT2D eigenvalue weighted by atomic mass is 32.2. The molecule has 2 amide bonds. The van der Waals surface area contributed by atoms with Gasteiger partial charge < -0.3 is 10.2 Å². The van der Waals surface area contributed by atoms with Crippen LogP contribution in [0.5, 0.6) is 0 Å². The minimum Gasteiger partial charge on any atom is -0.326 e. The van der Waals surface area contributed by atoms with Gasteiger partial charge >= 0.3 is 0 Å². The van der Waals surface area contributed by atoms with Crippen molar-refractivity contribution in [2.75, 3.05) is 22.0 Å². The van der Waals surface area contributed by atoms with Gasteiger partial charge in [-0.15, -0.1) is 0 Å². The molecule has 0 aromatic heterocycles. The molecule has 2 aromatic rings. The molecule has 0 fully saturated rings. The number of benzene rings is 2. The second kappa shape index (κ2) is 6.80. The first kappa shape index (κ1) is 17.9. The van der Waals surface area contributed by atoms with Gasteiger partial charge in [-0.1, -0.05) is 6.07 Å². The van der Waals surface area contributed by atoms with Crippen LogP contribution in [0.15, 0.2) is 47.4 Å². The minimum absolute atomic E-state index is 0.0148. The molecule has 1 aliphatic rings. The zero-order valence-electron chi connectivity index (χ0n) is 14.4. The number of carbonyl (C=O) groups excluding carboxylic acids is 2. The van der Waals surface area contributed by atoms with E-state index in [0.29, 0.717) is 24.2 Å². The van der Waals surface area contributed by atoms with Crippen molar-refractivity contribution < 1.29 is 18.0 Å². The van der Waals surface area contributed by atoms with Crippen LogP contribution in [0.25, 0.3) is 0 Å². The molecule has 0 bridgehead atoms. The Hall–Kier alpha value is -2.87. The molecule has 136 valence electrons. The van der Waals surface area contributed by atoms with Gasteiger partial charge in [0.15, 0.2) is 0 Å². The maximum absolute atomic E-state index is 12.7. The largest absolute Gasteiger partial charge is 0.326 e. The number of fused-ring (bicyclic) bond motifs is 1. The van der Waals surface area contributed by atoms with Crippen LogP contribution in [0.4, 0.5) is 17.1 Å². The van der Waals surface area contributed by atoms with Crippen LogP contribution >= 0.6 is 0 Å². The molecule has 26 heavy (non-hydrogen) atoms. The molecular weight excluding hydrogens is 354 g/mol. The van der Waals surface area contributed by atoms with Crippen LogP contribution in [0.3, 0.4) is 0 Å². The monoisotopic (exact) mass is 373 g/mol. The lowest BCUT2D eigenvalue weighted by Crippen LogP contribution is -2.31. The first-order chi connectivity index (χ1) is 12.3. The van der Waals surface area contributed by atoms with Crippen molar-refractivity contribution in [1.82, 2.24) is 0 Å². The van der Waals surface area contributed by atoms with E-state index < -0.39 is 10.0 Å². The van der Waals surface area contributed by atoms with E-state index in [4.69, 9.17) is 0 Å². The molecule has 0 aliphatic carbocycles. The first-order valence-electron chi connectivity index (χ1n) is 8.06. The number of hydrogen-bond donors (Lipinski definition) is 2. The van der Waals surface area contributed by atoms with Gasteiger partial charge in [0.05, 0.1) is 10.6 Å². The van der Waals surface area contributed by atoms with Crippen molar-refractivity contribution in [3.63, 3.8) is 0 Å². The lowest BCUT2D eigenvalue weighted by Gasteiger charge is -2.26. The van der Waals surface area contributed by atoms with E-state index in [2.05, 4.69) is 10.0 Å². The summed E-state index contributed by atoms with van der Waals surface area (Å²) >= 11 is 0. The highest BCUT2D eigenvalue weighted by molar-refractivity contribution is 7.92. The van der Waals surface area contributed by atoms with Gasteiger partial charge in [0.1, 0.15) is 0 Å². The van der Waals surface area contributed by atoms with Crippen LogP contribution in [-0.2, 0) is 26.0 Å². The minimum atomic E-state index is -3.79. The second-order valence-corrected chi connectivity index (χ2v) is 7.79. The summed E-state index contributed by atoms with van der Waals surface area (Å²) in [5.74, 6) is -0.223. The number of hydrogen-bond acceptors (Lipinski definition) is 4. The Balaban J connectivity index is 1.87. The van der Waals surface area contributed by atoms with E-state index in [1.54, 1.807) is 48.3 Å². The SMILES string of the molecule is CC(=O)Nc1cccc(NS(=O)(=O)c2ccc3c(c2)CCC(=O)N3C)c1. The molecular formula is C18H19N3O4S. The van der Waals surface area contributed by atoms with Gasteiger partial charge in [-0.25, -0.2) is 8.42 Å². The van der Waals surface area contributed by atoms with Crippen LogP contribution in [0, 0.1) is 0 Å². The number of amides is 2. The normalized spacial score (nSPS) is 13.9. The highest BCUT2D eigenvalue weighted by Gasteiger charge is 2.23. The lowest BCUT2D eigenvalue weighted by molar-refractivity contribution is -0.118. The quantitative estimate of drug-likeness (QED) is 0.860. The summed E-state index contributed by atoms with van der Waals surface area (Å²) < 4.78 is 27.9. The summed E-state index contributed by atoms with van der Waals surface area (Å²) in [5, 5.41) is 2.61. The third-order valence-electron chi connectivity index (χ3n) is 4.14. The van der Waals surface area contributed by atoms with Gasteiger partial charge in [-0.2, -0.15) is 0 Å². The Kier molecular flexibility index (Phi) is 4.69. The average Bonchev–Trinajstić information content (AvgIpc) is 2.57. The van der Waals surface area contributed by atoms with E-state index in [9.17, 15) is 18.0 Å². The molecule has 0 saturated heterocycles. The van der Waals surface area contributed by atoms with E-state index >= 15 is 0 Å². The van der Waals surface area contributed by atoms with Crippen LogP contribution in [0.1, 0.15) is 18.9 Å². The highest BCUT2D eigenvalue weighted by Crippen LogP contribution is 2.29. The maximum atomic E-state index is 12.7. The van der Waals surface area contributed by atoms with Gasteiger partial charge in [-0.3, -0.25) is 14.3 Å². The first-order valence-corrected chi connectivity index (χ1v) is 9.54. The number of anilines is 3. The van der Waals surface area contributed by atoms with E-state index in [0.717, 1.165) is 11.3 Å². The summed E-state index contributed by atoms with van der Waals surface area (Å²) in [7, 11) is -2.11. The molecule has 0 unspecified atom stereocenters. The Morgan fingerprint density at radius 3 is 2.54 bits per heavy atom. The Morgan fingerprint density at radius 2 is 1.81 bits per heavy atom. The molecule has 1 heterocycles. The van der Waals surface area contributed by atoms with Gasteiger partial charge in [0.25, 0.3) is 10.0 Å². The smallest absolute Gasteiger partial charge is 0.261 e. The third kappa shape index (κ3) is 3.70. The molecule has 0 spiro atoms. The van der Waals surface area contributed by atoms with Crippen LogP contribution in [0.2, 0.25) is 0 Å². The average molecular weight is 373 g/mol. The summed E-state index contributed by atoms with van der Waals surface area (Å²) in [6, 6.07) is 11.2. The summed E-state index contributed by atoms with van der Waals surface area (Å²) in [6.45, 7) is 1.38. The van der Waals surface area contributed by atoms with Crippen molar-refractivity contribution >= 4 is 38.9 Å². The zero-order valence-corrected chi connectivity index (χ0v) is 15.3. The summed E-state index contributed by atoms with van der Waals surface area (Å²) in [5.41, 5.74) is 2.40. The molecule has 0 atom stereocenters. The molecule has 2 N–H and O–H groups in total. The molecule has 1 aliphatic heterocycles. The summed E-state index contributed by atoms with van der Waals surface area (Å²) in [6.07, 6.45) is 0.874. The number of carbonyl (C=O) groups is 2. The standard InChI is InChI=1S/C18H19N3O4S/c1-12(22)19-14-4-3-5-15(11-14)20-26(24,25)16-7-8-17-13(10-16)6-9-18(23)21(17)2/h3-5,7-8,10-11,20H,6,9H2,1-2H3,(H,19,22). The Labute approximate surface area is 152 Å². The topological polar surface area (TPSA) is 95.6 Å². The van der Waals surface area contributed by atoms with E-state index in [1.807, 2.05) is 0 Å². The second-order valence-electron chi connectivity index (χ2n) is 6.11. The van der Waals surface area contributed by atoms with Crippen molar-refractivity contribution in [2.24, 2.45) is 0 Å². The molecule has 3 rings (SSSR count). The maximum Gasteiger partial charge on any atom is 0.261 e. The number of rotatable bonds is 4. The predicted octanol–water partition coefficient (Wildman–Crippen LogP) is 2.35. The Morgan fingerprint density at radius 1 is 1.08 bits per heavy atom. The Bertz CT molecular complexity index is 986. The summed E-state index contributed by atoms with van der Waals surface area (Å²) in [4.78, 5) is 24.6. The molecule has 0 radical (unpaired) electrons. The fourth-order valence-corrected chi connectivity index (χ4v) is 3.98. The van der Waals surface area contributed by atoms with Crippen molar-refractivity contribution in [2.45, 2.75) is 24.7 Å².